The highest BCUT2D eigenvalue weighted by Gasteiger charge is 2.33. The second-order valence-electron chi connectivity index (χ2n) is 5.45. The molecular formula is C12H21F3N2OS. The maximum absolute atomic E-state index is 12.3. The summed E-state index contributed by atoms with van der Waals surface area (Å²) in [6, 6.07) is 0.720. The topological polar surface area (TPSA) is 32.3 Å². The van der Waals surface area contributed by atoms with E-state index < -0.39 is 23.5 Å². The Hall–Kier alpha value is -0.140. The summed E-state index contributed by atoms with van der Waals surface area (Å²) in [5.74, 6) is 1.51. The molecule has 2 rings (SSSR count). The van der Waals surface area contributed by atoms with Gasteiger partial charge in [0.1, 0.15) is 0 Å². The number of hydrogen-bond acceptors (Lipinski definition) is 3. The van der Waals surface area contributed by atoms with Gasteiger partial charge in [-0.25, -0.2) is 0 Å². The predicted molar refractivity (Wildman–Crippen MR) is 69.6 cm³/mol. The molecule has 2 fully saturated rings. The molecule has 0 aromatic heterocycles. The van der Waals surface area contributed by atoms with Crippen molar-refractivity contribution in [2.75, 3.05) is 31.1 Å². The highest BCUT2D eigenvalue weighted by molar-refractivity contribution is 7.85. The Morgan fingerprint density at radius 1 is 1.05 bits per heavy atom. The van der Waals surface area contributed by atoms with E-state index in [4.69, 9.17) is 0 Å². The summed E-state index contributed by atoms with van der Waals surface area (Å²) in [5, 5.41) is 3.52. The quantitative estimate of drug-likeness (QED) is 0.857. The lowest BCUT2D eigenvalue weighted by Crippen LogP contribution is -2.49. The Morgan fingerprint density at radius 2 is 1.58 bits per heavy atom. The fourth-order valence-electron chi connectivity index (χ4n) is 2.81. The predicted octanol–water partition coefficient (Wildman–Crippen LogP) is 1.51. The first-order valence-corrected chi connectivity index (χ1v) is 8.31. The standard InChI is InChI=1S/C12H21F3N2OS/c13-12(14,15)9-17-5-1-10(2-6-17)16-11-3-7-19(18)8-4-11/h10-11,16H,1-9H2. The van der Waals surface area contributed by atoms with Crippen LogP contribution in [0.5, 0.6) is 0 Å². The van der Waals surface area contributed by atoms with E-state index in [1.165, 1.54) is 4.90 Å². The van der Waals surface area contributed by atoms with E-state index in [-0.39, 0.29) is 0 Å². The van der Waals surface area contributed by atoms with Gasteiger partial charge in [0.2, 0.25) is 0 Å². The second kappa shape index (κ2) is 6.54. The zero-order valence-corrected chi connectivity index (χ0v) is 11.7. The summed E-state index contributed by atoms with van der Waals surface area (Å²) in [4.78, 5) is 1.48. The van der Waals surface area contributed by atoms with Gasteiger partial charge >= 0.3 is 6.18 Å². The van der Waals surface area contributed by atoms with Crippen LogP contribution in [0.4, 0.5) is 13.2 Å². The highest BCUT2D eigenvalue weighted by Crippen LogP contribution is 2.20. The fourth-order valence-corrected chi connectivity index (χ4v) is 4.10. The number of hydrogen-bond donors (Lipinski definition) is 1. The van der Waals surface area contributed by atoms with Crippen LogP contribution < -0.4 is 5.32 Å². The van der Waals surface area contributed by atoms with E-state index in [2.05, 4.69) is 5.32 Å². The molecule has 0 spiro atoms. The van der Waals surface area contributed by atoms with Crippen LogP contribution in [-0.2, 0) is 10.8 Å². The van der Waals surface area contributed by atoms with E-state index in [1.807, 2.05) is 0 Å². The van der Waals surface area contributed by atoms with E-state index in [1.54, 1.807) is 0 Å². The molecule has 112 valence electrons. The number of nitrogens with zero attached hydrogens (tertiary/aromatic N) is 1. The molecule has 0 amide bonds. The zero-order valence-electron chi connectivity index (χ0n) is 10.9. The summed E-state index contributed by atoms with van der Waals surface area (Å²) in [6.07, 6.45) is -0.691. The van der Waals surface area contributed by atoms with Gasteiger partial charge in [0.25, 0.3) is 0 Å². The first kappa shape index (κ1) is 15.3. The number of piperidine rings is 1. The number of alkyl halides is 3. The molecule has 2 aliphatic heterocycles. The van der Waals surface area contributed by atoms with Crippen molar-refractivity contribution in [2.45, 2.75) is 43.9 Å². The van der Waals surface area contributed by atoms with Gasteiger partial charge in [-0.1, -0.05) is 0 Å². The Morgan fingerprint density at radius 3 is 2.11 bits per heavy atom. The second-order valence-corrected chi connectivity index (χ2v) is 7.15. The molecule has 0 saturated carbocycles. The summed E-state index contributed by atoms with van der Waals surface area (Å²) >= 11 is 0. The summed E-state index contributed by atoms with van der Waals surface area (Å²) < 4.78 is 48.0. The Labute approximate surface area is 114 Å². The van der Waals surface area contributed by atoms with Gasteiger partial charge in [-0.15, -0.1) is 0 Å². The summed E-state index contributed by atoms with van der Waals surface area (Å²) in [5.41, 5.74) is 0. The van der Waals surface area contributed by atoms with Crippen LogP contribution in [0, 0.1) is 0 Å². The van der Waals surface area contributed by atoms with Crippen LogP contribution in [0.25, 0.3) is 0 Å². The Kier molecular flexibility index (Phi) is 5.25. The molecule has 2 saturated heterocycles. The van der Waals surface area contributed by atoms with Crippen LogP contribution in [0.2, 0.25) is 0 Å². The van der Waals surface area contributed by atoms with Crippen LogP contribution in [0.3, 0.4) is 0 Å². The van der Waals surface area contributed by atoms with Crippen LogP contribution in [0.15, 0.2) is 0 Å². The fraction of sp³-hybridized carbons (Fsp3) is 1.00. The minimum atomic E-state index is -4.09. The zero-order chi connectivity index (χ0) is 13.9. The van der Waals surface area contributed by atoms with E-state index in [9.17, 15) is 17.4 Å². The molecule has 0 aliphatic carbocycles. The van der Waals surface area contributed by atoms with Crippen molar-refractivity contribution in [3.05, 3.63) is 0 Å². The molecule has 0 atom stereocenters. The van der Waals surface area contributed by atoms with E-state index in [0.717, 1.165) is 37.2 Å². The average Bonchev–Trinajstić information content (AvgIpc) is 2.33. The molecule has 19 heavy (non-hydrogen) atoms. The minimum Gasteiger partial charge on any atom is -0.311 e. The van der Waals surface area contributed by atoms with Crippen molar-refractivity contribution in [1.29, 1.82) is 0 Å². The van der Waals surface area contributed by atoms with Gasteiger partial charge in [0, 0.05) is 34.4 Å². The smallest absolute Gasteiger partial charge is 0.311 e. The van der Waals surface area contributed by atoms with Gasteiger partial charge in [0.05, 0.1) is 6.54 Å². The maximum Gasteiger partial charge on any atom is 0.401 e. The minimum absolute atomic E-state index is 0.320. The van der Waals surface area contributed by atoms with Gasteiger partial charge < -0.3 is 5.32 Å². The molecule has 0 unspecified atom stereocenters. The van der Waals surface area contributed by atoms with Gasteiger partial charge in [-0.05, 0) is 38.8 Å². The molecule has 2 heterocycles. The first-order chi connectivity index (χ1) is 8.92. The summed E-state index contributed by atoms with van der Waals surface area (Å²) in [7, 11) is -0.658. The molecule has 1 N–H and O–H groups in total. The lowest BCUT2D eigenvalue weighted by molar-refractivity contribution is -0.148. The van der Waals surface area contributed by atoms with Crippen molar-refractivity contribution in [3.63, 3.8) is 0 Å². The van der Waals surface area contributed by atoms with Crippen LogP contribution >= 0.6 is 0 Å². The molecule has 0 radical (unpaired) electrons. The third-order valence-electron chi connectivity index (χ3n) is 3.85. The third kappa shape index (κ3) is 5.39. The largest absolute Gasteiger partial charge is 0.401 e. The SMILES string of the molecule is O=S1CCC(NC2CCN(CC(F)(F)F)CC2)CC1. The van der Waals surface area contributed by atoms with E-state index in [0.29, 0.717) is 25.2 Å². The number of likely N-dealkylation sites (tertiary alicyclic amines) is 1. The molecule has 3 nitrogen and oxygen atoms in total. The monoisotopic (exact) mass is 298 g/mol. The maximum atomic E-state index is 12.3. The lowest BCUT2D eigenvalue weighted by Gasteiger charge is -2.35. The molecule has 7 heteroatoms. The molecular weight excluding hydrogens is 277 g/mol. The van der Waals surface area contributed by atoms with Crippen LogP contribution in [-0.4, -0.2) is 58.5 Å². The molecule has 0 bridgehead atoms. The normalized spacial score (nSPS) is 31.5. The van der Waals surface area contributed by atoms with Crippen molar-refractivity contribution in [3.8, 4) is 0 Å². The number of halogens is 3. The molecule has 2 aliphatic rings. The van der Waals surface area contributed by atoms with E-state index >= 15 is 0 Å². The van der Waals surface area contributed by atoms with Crippen molar-refractivity contribution < 1.29 is 17.4 Å². The van der Waals surface area contributed by atoms with Crippen molar-refractivity contribution in [2.24, 2.45) is 0 Å². The van der Waals surface area contributed by atoms with Gasteiger partial charge in [-0.3, -0.25) is 9.11 Å². The molecule has 0 aromatic carbocycles. The van der Waals surface area contributed by atoms with Crippen molar-refractivity contribution >= 4 is 10.8 Å². The Balaban J connectivity index is 1.67. The summed E-state index contributed by atoms with van der Waals surface area (Å²) in [6.45, 7) is 0.230. The number of nitrogens with one attached hydrogen (secondary N) is 1. The molecule has 0 aromatic rings. The first-order valence-electron chi connectivity index (χ1n) is 6.82. The lowest BCUT2D eigenvalue weighted by atomic mass is 10.0. The highest BCUT2D eigenvalue weighted by atomic mass is 32.2. The number of rotatable bonds is 3. The van der Waals surface area contributed by atoms with Gasteiger partial charge in [0.15, 0.2) is 0 Å². The average molecular weight is 298 g/mol. The van der Waals surface area contributed by atoms with Crippen molar-refractivity contribution in [1.82, 2.24) is 10.2 Å². The van der Waals surface area contributed by atoms with Crippen LogP contribution in [0.1, 0.15) is 25.7 Å². The Bertz CT molecular complexity index is 307. The van der Waals surface area contributed by atoms with Gasteiger partial charge in [-0.2, -0.15) is 13.2 Å². The third-order valence-corrected chi connectivity index (χ3v) is 5.23.